The number of likely N-dealkylation sites (N-methyl/N-ethyl adjacent to an activating group) is 1. The van der Waals surface area contributed by atoms with Crippen molar-refractivity contribution >= 4 is 22.7 Å². The number of rotatable bonds is 12. The van der Waals surface area contributed by atoms with Crippen molar-refractivity contribution < 1.29 is 14.3 Å². The van der Waals surface area contributed by atoms with Crippen molar-refractivity contribution in [2.75, 3.05) is 39.1 Å². The summed E-state index contributed by atoms with van der Waals surface area (Å²) in [7, 11) is 4.01. The van der Waals surface area contributed by atoms with E-state index in [9.17, 15) is 9.59 Å². The molecule has 1 aromatic carbocycles. The number of aromatic nitrogens is 1. The fourth-order valence-corrected chi connectivity index (χ4v) is 4.73. The van der Waals surface area contributed by atoms with Crippen LogP contribution in [0, 0.1) is 12.8 Å². The number of anilines is 1. The zero-order valence-electron chi connectivity index (χ0n) is 23.9. The van der Waals surface area contributed by atoms with E-state index in [1.807, 2.05) is 46.4 Å². The lowest BCUT2D eigenvalue weighted by atomic mass is 9.94. The standard InChI is InChI=1S/C29H46N4O4/c1-9-21(20(3)31-28(35)37-29(4,5)6)14-15-30-24-13-12-23-25(36-17-16-32(7)8)18-26(34)33(22-10-11-22)27(23)19(24)2/h12-13,18,20-22,30H,9-11,14-17H2,1-8H3,(H,31,35)/t20-,21-/m0/s1. The van der Waals surface area contributed by atoms with E-state index in [1.165, 1.54) is 0 Å². The molecule has 8 nitrogen and oxygen atoms in total. The Labute approximate surface area is 221 Å². The second kappa shape index (κ2) is 12.2. The normalized spacial score (nSPS) is 15.5. The molecule has 0 aliphatic heterocycles. The Morgan fingerprint density at radius 2 is 1.95 bits per heavy atom. The van der Waals surface area contributed by atoms with Crippen LogP contribution in [0.3, 0.4) is 0 Å². The number of nitrogens with one attached hydrogen (secondary N) is 2. The summed E-state index contributed by atoms with van der Waals surface area (Å²) >= 11 is 0. The van der Waals surface area contributed by atoms with Gasteiger partial charge < -0.3 is 29.6 Å². The number of amides is 1. The highest BCUT2D eigenvalue weighted by atomic mass is 16.6. The van der Waals surface area contributed by atoms with Crippen molar-refractivity contribution in [3.63, 3.8) is 0 Å². The van der Waals surface area contributed by atoms with Gasteiger partial charge in [0.2, 0.25) is 0 Å². The first-order valence-electron chi connectivity index (χ1n) is 13.6. The lowest BCUT2D eigenvalue weighted by Gasteiger charge is -2.26. The van der Waals surface area contributed by atoms with Gasteiger partial charge in [-0.1, -0.05) is 13.3 Å². The van der Waals surface area contributed by atoms with Crippen LogP contribution in [-0.2, 0) is 4.74 Å². The third-order valence-electron chi connectivity index (χ3n) is 6.94. The number of hydrogen-bond donors (Lipinski definition) is 2. The molecule has 1 fully saturated rings. The highest BCUT2D eigenvalue weighted by Crippen LogP contribution is 2.39. The van der Waals surface area contributed by atoms with Gasteiger partial charge in [-0.25, -0.2) is 4.79 Å². The summed E-state index contributed by atoms with van der Waals surface area (Å²) in [5.41, 5.74) is 2.54. The summed E-state index contributed by atoms with van der Waals surface area (Å²) in [5.74, 6) is 0.962. The van der Waals surface area contributed by atoms with Crippen LogP contribution >= 0.6 is 0 Å². The molecule has 1 aliphatic rings. The van der Waals surface area contributed by atoms with Crippen LogP contribution < -0.4 is 20.9 Å². The fraction of sp³-hybridized carbons (Fsp3) is 0.655. The molecule has 0 spiro atoms. The molecule has 0 bridgehead atoms. The lowest BCUT2D eigenvalue weighted by Crippen LogP contribution is -2.41. The average Bonchev–Trinajstić information content (AvgIpc) is 3.61. The van der Waals surface area contributed by atoms with Crippen LogP contribution in [0.25, 0.3) is 10.9 Å². The summed E-state index contributed by atoms with van der Waals surface area (Å²) < 4.78 is 13.4. The number of nitrogens with zero attached hydrogens (tertiary/aromatic N) is 2. The van der Waals surface area contributed by atoms with Gasteiger partial charge in [0.1, 0.15) is 18.0 Å². The second-order valence-corrected chi connectivity index (χ2v) is 11.6. The van der Waals surface area contributed by atoms with Gasteiger partial charge in [-0.15, -0.1) is 0 Å². The van der Waals surface area contributed by atoms with Crippen molar-refractivity contribution in [3.8, 4) is 5.75 Å². The van der Waals surface area contributed by atoms with Gasteiger partial charge in [-0.2, -0.15) is 0 Å². The predicted octanol–water partition coefficient (Wildman–Crippen LogP) is 5.33. The molecule has 206 valence electrons. The molecule has 2 atom stereocenters. The highest BCUT2D eigenvalue weighted by Gasteiger charge is 2.28. The minimum atomic E-state index is -0.515. The van der Waals surface area contributed by atoms with E-state index in [-0.39, 0.29) is 23.7 Å². The molecular weight excluding hydrogens is 468 g/mol. The third-order valence-corrected chi connectivity index (χ3v) is 6.94. The van der Waals surface area contributed by atoms with Gasteiger partial charge in [0, 0.05) is 42.3 Å². The summed E-state index contributed by atoms with van der Waals surface area (Å²) in [6.07, 6.45) is 3.54. The molecule has 0 saturated heterocycles. The quantitative estimate of drug-likeness (QED) is 0.398. The van der Waals surface area contributed by atoms with E-state index >= 15 is 0 Å². The number of carbonyl (C=O) groups excluding carboxylic acids is 1. The number of fused-ring (bicyclic) bond motifs is 1. The first kappa shape index (κ1) is 28.8. The number of hydrogen-bond acceptors (Lipinski definition) is 6. The molecule has 2 aromatic rings. The Morgan fingerprint density at radius 3 is 2.54 bits per heavy atom. The minimum Gasteiger partial charge on any atom is -0.491 e. The molecule has 1 aromatic heterocycles. The van der Waals surface area contributed by atoms with Gasteiger partial charge >= 0.3 is 6.09 Å². The predicted molar refractivity (Wildman–Crippen MR) is 151 cm³/mol. The molecular formula is C29H46N4O4. The molecule has 0 unspecified atom stereocenters. The maximum Gasteiger partial charge on any atom is 0.407 e. The zero-order chi connectivity index (χ0) is 27.3. The Hall–Kier alpha value is -2.74. The Balaban J connectivity index is 1.75. The molecule has 3 rings (SSSR count). The lowest BCUT2D eigenvalue weighted by molar-refractivity contribution is 0.0490. The summed E-state index contributed by atoms with van der Waals surface area (Å²) in [6.45, 7) is 13.9. The average molecular weight is 515 g/mol. The Bertz CT molecular complexity index is 1130. The number of pyridine rings is 1. The van der Waals surface area contributed by atoms with Gasteiger partial charge in [0.05, 0.1) is 5.52 Å². The summed E-state index contributed by atoms with van der Waals surface area (Å²) in [5, 5.41) is 7.57. The van der Waals surface area contributed by atoms with Gasteiger partial charge in [-0.3, -0.25) is 4.79 Å². The fourth-order valence-electron chi connectivity index (χ4n) is 4.73. The topological polar surface area (TPSA) is 84.8 Å². The van der Waals surface area contributed by atoms with E-state index < -0.39 is 5.60 Å². The van der Waals surface area contributed by atoms with Crippen molar-refractivity contribution in [2.24, 2.45) is 5.92 Å². The van der Waals surface area contributed by atoms with E-state index in [1.54, 1.807) is 6.07 Å². The summed E-state index contributed by atoms with van der Waals surface area (Å²) in [4.78, 5) is 27.4. The Kier molecular flexibility index (Phi) is 9.51. The SMILES string of the molecule is CC[C@@H](CCNc1ccc2c(OCCN(C)C)cc(=O)n(C3CC3)c2c1C)[C@H](C)NC(=O)OC(C)(C)C. The van der Waals surface area contributed by atoms with Crippen LogP contribution in [-0.4, -0.2) is 61.0 Å². The zero-order valence-corrected chi connectivity index (χ0v) is 23.9. The number of aryl methyl sites for hydroxylation is 1. The first-order chi connectivity index (χ1) is 17.4. The van der Waals surface area contributed by atoms with Crippen LogP contribution in [0.1, 0.15) is 71.9 Å². The van der Waals surface area contributed by atoms with E-state index in [0.29, 0.717) is 18.3 Å². The molecule has 1 amide bonds. The van der Waals surface area contributed by atoms with Gasteiger partial charge in [-0.05, 0) is 91.6 Å². The number of alkyl carbamates (subject to hydrolysis) is 1. The van der Waals surface area contributed by atoms with Crippen LogP contribution in [0.4, 0.5) is 10.5 Å². The third kappa shape index (κ3) is 7.87. The molecule has 37 heavy (non-hydrogen) atoms. The van der Waals surface area contributed by atoms with Crippen molar-refractivity contribution in [2.45, 2.75) is 84.9 Å². The maximum absolute atomic E-state index is 13.1. The van der Waals surface area contributed by atoms with Crippen molar-refractivity contribution in [1.29, 1.82) is 0 Å². The second-order valence-electron chi connectivity index (χ2n) is 11.6. The first-order valence-corrected chi connectivity index (χ1v) is 13.6. The molecule has 1 aliphatic carbocycles. The smallest absolute Gasteiger partial charge is 0.407 e. The monoisotopic (exact) mass is 514 g/mol. The molecule has 1 heterocycles. The van der Waals surface area contributed by atoms with Gasteiger partial charge in [0.25, 0.3) is 5.56 Å². The Morgan fingerprint density at radius 1 is 1.24 bits per heavy atom. The van der Waals surface area contributed by atoms with Crippen LogP contribution in [0.15, 0.2) is 23.0 Å². The minimum absolute atomic E-state index is 0.00118. The van der Waals surface area contributed by atoms with E-state index in [4.69, 9.17) is 9.47 Å². The number of benzene rings is 1. The molecule has 0 radical (unpaired) electrons. The van der Waals surface area contributed by atoms with Crippen molar-refractivity contribution in [3.05, 3.63) is 34.1 Å². The largest absolute Gasteiger partial charge is 0.491 e. The highest BCUT2D eigenvalue weighted by molar-refractivity contribution is 5.91. The molecule has 8 heteroatoms. The van der Waals surface area contributed by atoms with Crippen LogP contribution in [0.2, 0.25) is 0 Å². The van der Waals surface area contributed by atoms with Crippen LogP contribution in [0.5, 0.6) is 5.75 Å². The van der Waals surface area contributed by atoms with E-state index in [0.717, 1.165) is 60.9 Å². The van der Waals surface area contributed by atoms with E-state index in [2.05, 4.69) is 41.5 Å². The summed E-state index contributed by atoms with van der Waals surface area (Å²) in [6, 6.07) is 6.07. The number of ether oxygens (including phenoxy) is 2. The molecule has 2 N–H and O–H groups in total. The maximum atomic E-state index is 13.1. The molecule has 1 saturated carbocycles. The number of carbonyl (C=O) groups is 1. The van der Waals surface area contributed by atoms with Gasteiger partial charge in [0.15, 0.2) is 0 Å². The van der Waals surface area contributed by atoms with Crippen molar-refractivity contribution in [1.82, 2.24) is 14.8 Å².